The molecule has 0 aromatic heterocycles. The maximum Gasteiger partial charge on any atom is 0.124 e. The van der Waals surface area contributed by atoms with Gasteiger partial charge >= 0.3 is 0 Å². The zero-order valence-electron chi connectivity index (χ0n) is 11.3. The van der Waals surface area contributed by atoms with E-state index in [9.17, 15) is 0 Å². The molecule has 1 aromatic rings. The fourth-order valence-electron chi connectivity index (χ4n) is 3.30. The van der Waals surface area contributed by atoms with Crippen molar-refractivity contribution in [2.45, 2.75) is 38.6 Å². The Morgan fingerprint density at radius 2 is 2.33 bits per heavy atom. The molecule has 2 atom stereocenters. The van der Waals surface area contributed by atoms with Gasteiger partial charge in [0.05, 0.1) is 6.61 Å². The molecule has 0 saturated heterocycles. The maximum atomic E-state index is 5.99. The van der Waals surface area contributed by atoms with E-state index in [1.807, 2.05) is 0 Å². The molecule has 3 heteroatoms. The third kappa shape index (κ3) is 1.77. The zero-order valence-corrected chi connectivity index (χ0v) is 11.3. The van der Waals surface area contributed by atoms with E-state index in [-0.39, 0.29) is 6.04 Å². The number of nitrogens with two attached hydrogens (primary N) is 1. The van der Waals surface area contributed by atoms with Crippen LogP contribution in [-0.4, -0.2) is 25.7 Å². The van der Waals surface area contributed by atoms with Crippen molar-refractivity contribution in [3.8, 4) is 5.75 Å². The van der Waals surface area contributed by atoms with Crippen molar-refractivity contribution >= 4 is 5.69 Å². The molecule has 18 heavy (non-hydrogen) atoms. The summed E-state index contributed by atoms with van der Waals surface area (Å²) in [5.74, 6) is 1.74. The molecule has 2 N–H and O–H groups in total. The summed E-state index contributed by atoms with van der Waals surface area (Å²) in [6.45, 7) is 7.24. The summed E-state index contributed by atoms with van der Waals surface area (Å²) in [6.07, 6.45) is 2.24. The number of rotatable bonds is 3. The molecule has 3 nitrogen and oxygen atoms in total. The Bertz CT molecular complexity index is 456. The predicted octanol–water partition coefficient (Wildman–Crippen LogP) is 2.28. The number of hydrogen-bond acceptors (Lipinski definition) is 3. The van der Waals surface area contributed by atoms with Crippen LogP contribution >= 0.6 is 0 Å². The SMILES string of the molecule is CC[C@H]1CN(C[C@H](C)N)c2c1ccc1c2CCO1. The molecular weight excluding hydrogens is 224 g/mol. The largest absolute Gasteiger partial charge is 0.493 e. The molecule has 0 amide bonds. The summed E-state index contributed by atoms with van der Waals surface area (Å²) < 4.78 is 5.69. The molecule has 0 unspecified atom stereocenters. The molecule has 0 saturated carbocycles. The summed E-state index contributed by atoms with van der Waals surface area (Å²) in [5.41, 5.74) is 10.3. The Labute approximate surface area is 109 Å². The minimum Gasteiger partial charge on any atom is -0.493 e. The van der Waals surface area contributed by atoms with Gasteiger partial charge in [-0.3, -0.25) is 0 Å². The third-order valence-electron chi connectivity index (χ3n) is 4.08. The minimum absolute atomic E-state index is 0.214. The van der Waals surface area contributed by atoms with Gasteiger partial charge in [0.1, 0.15) is 5.75 Å². The van der Waals surface area contributed by atoms with Gasteiger partial charge in [-0.15, -0.1) is 0 Å². The van der Waals surface area contributed by atoms with Gasteiger partial charge in [0.2, 0.25) is 0 Å². The van der Waals surface area contributed by atoms with E-state index in [1.165, 1.54) is 23.2 Å². The summed E-state index contributed by atoms with van der Waals surface area (Å²) >= 11 is 0. The Kier molecular flexibility index (Phi) is 2.94. The Balaban J connectivity index is 2.03. The highest BCUT2D eigenvalue weighted by Crippen LogP contribution is 2.45. The number of nitrogens with zero attached hydrogens (tertiary/aromatic N) is 1. The summed E-state index contributed by atoms with van der Waals surface area (Å²) in [7, 11) is 0. The van der Waals surface area contributed by atoms with Gasteiger partial charge in [0.25, 0.3) is 0 Å². The minimum atomic E-state index is 0.214. The van der Waals surface area contributed by atoms with Crippen molar-refractivity contribution in [1.29, 1.82) is 0 Å². The molecule has 98 valence electrons. The molecule has 2 heterocycles. The molecule has 3 rings (SSSR count). The first-order chi connectivity index (χ1) is 8.70. The number of benzene rings is 1. The Morgan fingerprint density at radius 1 is 1.50 bits per heavy atom. The first-order valence-electron chi connectivity index (χ1n) is 6.99. The number of fused-ring (bicyclic) bond motifs is 3. The fourth-order valence-corrected chi connectivity index (χ4v) is 3.30. The van der Waals surface area contributed by atoms with Crippen molar-refractivity contribution in [3.63, 3.8) is 0 Å². The van der Waals surface area contributed by atoms with Crippen molar-refractivity contribution in [2.75, 3.05) is 24.6 Å². The second kappa shape index (κ2) is 4.47. The zero-order chi connectivity index (χ0) is 12.7. The number of ether oxygens (including phenoxy) is 1. The Hall–Kier alpha value is -1.22. The van der Waals surface area contributed by atoms with Gasteiger partial charge in [0.15, 0.2) is 0 Å². The van der Waals surface area contributed by atoms with E-state index in [4.69, 9.17) is 10.5 Å². The first kappa shape index (κ1) is 11.8. The van der Waals surface area contributed by atoms with Gasteiger partial charge in [-0.1, -0.05) is 13.0 Å². The lowest BCUT2D eigenvalue weighted by Crippen LogP contribution is -2.35. The van der Waals surface area contributed by atoms with Crippen LogP contribution in [0.5, 0.6) is 5.75 Å². The third-order valence-corrected chi connectivity index (χ3v) is 4.08. The monoisotopic (exact) mass is 246 g/mol. The highest BCUT2D eigenvalue weighted by molar-refractivity contribution is 5.70. The van der Waals surface area contributed by atoms with Crippen LogP contribution in [0.4, 0.5) is 5.69 Å². The lowest BCUT2D eigenvalue weighted by Gasteiger charge is -2.23. The summed E-state index contributed by atoms with van der Waals surface area (Å²) in [4.78, 5) is 2.47. The Morgan fingerprint density at radius 3 is 3.06 bits per heavy atom. The second-order valence-electron chi connectivity index (χ2n) is 5.57. The maximum absolute atomic E-state index is 5.99. The van der Waals surface area contributed by atoms with Crippen LogP contribution in [-0.2, 0) is 6.42 Å². The molecular formula is C15H22N2O. The van der Waals surface area contributed by atoms with Crippen LogP contribution < -0.4 is 15.4 Å². The van der Waals surface area contributed by atoms with E-state index in [0.29, 0.717) is 5.92 Å². The van der Waals surface area contributed by atoms with Crippen LogP contribution in [0.3, 0.4) is 0 Å². The highest BCUT2D eigenvalue weighted by Gasteiger charge is 2.32. The number of anilines is 1. The normalized spacial score (nSPS) is 22.6. The van der Waals surface area contributed by atoms with Crippen LogP contribution in [0, 0.1) is 0 Å². The van der Waals surface area contributed by atoms with Gasteiger partial charge in [-0.2, -0.15) is 0 Å². The molecule has 0 bridgehead atoms. The van der Waals surface area contributed by atoms with Crippen molar-refractivity contribution in [1.82, 2.24) is 0 Å². The number of hydrogen-bond donors (Lipinski definition) is 1. The lowest BCUT2D eigenvalue weighted by molar-refractivity contribution is 0.357. The quantitative estimate of drug-likeness (QED) is 0.889. The topological polar surface area (TPSA) is 38.5 Å². The lowest BCUT2D eigenvalue weighted by atomic mass is 9.96. The van der Waals surface area contributed by atoms with Gasteiger partial charge in [0, 0.05) is 42.7 Å². The van der Waals surface area contributed by atoms with Crippen molar-refractivity contribution < 1.29 is 4.74 Å². The molecule has 0 aliphatic carbocycles. The summed E-state index contributed by atoms with van der Waals surface area (Å²) in [5, 5.41) is 0. The van der Waals surface area contributed by atoms with Gasteiger partial charge in [-0.05, 0) is 25.0 Å². The van der Waals surface area contributed by atoms with E-state index >= 15 is 0 Å². The van der Waals surface area contributed by atoms with Crippen LogP contribution in [0.1, 0.15) is 37.3 Å². The fraction of sp³-hybridized carbons (Fsp3) is 0.600. The smallest absolute Gasteiger partial charge is 0.124 e. The predicted molar refractivity (Wildman–Crippen MR) is 74.5 cm³/mol. The van der Waals surface area contributed by atoms with Crippen LogP contribution in [0.2, 0.25) is 0 Å². The van der Waals surface area contributed by atoms with E-state index in [0.717, 1.165) is 31.9 Å². The standard InChI is InChI=1S/C15H22N2O/c1-3-11-9-17(8-10(2)16)15-12(11)4-5-14-13(15)6-7-18-14/h4-5,10-11H,3,6-9,16H2,1-2H3/t10-,11-/m0/s1. The van der Waals surface area contributed by atoms with Crippen molar-refractivity contribution in [2.24, 2.45) is 5.73 Å². The molecule has 2 aliphatic heterocycles. The van der Waals surface area contributed by atoms with Gasteiger partial charge < -0.3 is 15.4 Å². The molecule has 0 fully saturated rings. The van der Waals surface area contributed by atoms with E-state index in [1.54, 1.807) is 0 Å². The van der Waals surface area contributed by atoms with Gasteiger partial charge in [-0.25, -0.2) is 0 Å². The average Bonchev–Trinajstić information content (AvgIpc) is 2.91. The molecule has 0 spiro atoms. The molecule has 1 aromatic carbocycles. The summed E-state index contributed by atoms with van der Waals surface area (Å²) in [6, 6.07) is 4.63. The van der Waals surface area contributed by atoms with Crippen LogP contribution in [0.25, 0.3) is 0 Å². The van der Waals surface area contributed by atoms with E-state index in [2.05, 4.69) is 30.9 Å². The van der Waals surface area contributed by atoms with Crippen LogP contribution in [0.15, 0.2) is 12.1 Å². The average molecular weight is 246 g/mol. The highest BCUT2D eigenvalue weighted by atomic mass is 16.5. The first-order valence-corrected chi connectivity index (χ1v) is 6.99. The molecule has 2 aliphatic rings. The van der Waals surface area contributed by atoms with Crippen molar-refractivity contribution in [3.05, 3.63) is 23.3 Å². The second-order valence-corrected chi connectivity index (χ2v) is 5.57. The van der Waals surface area contributed by atoms with E-state index < -0.39 is 0 Å². The molecule has 0 radical (unpaired) electrons.